The number of nitrogens with zero attached hydrogens (tertiary/aromatic N) is 4. The Kier molecular flexibility index (Phi) is 5.43. The molecule has 0 aliphatic heterocycles. The first-order chi connectivity index (χ1) is 12.7. The van der Waals surface area contributed by atoms with Crippen molar-refractivity contribution >= 4 is 31.6 Å². The molecule has 0 aliphatic rings. The first kappa shape index (κ1) is 19.6. The summed E-state index contributed by atoms with van der Waals surface area (Å²) in [6.45, 7) is 8.78. The molecule has 0 saturated carbocycles. The van der Waals surface area contributed by atoms with Crippen LogP contribution in [0.5, 0.6) is 0 Å². The Labute approximate surface area is 167 Å². The van der Waals surface area contributed by atoms with E-state index in [-0.39, 0.29) is 4.90 Å². The predicted octanol–water partition coefficient (Wildman–Crippen LogP) is 3.64. The van der Waals surface area contributed by atoms with Gasteiger partial charge >= 0.3 is 0 Å². The van der Waals surface area contributed by atoms with E-state index in [9.17, 15) is 8.42 Å². The SMILES string of the molecule is CCn1ncc(S(=O)(=O)Nc2cccc(Cn3nc(C)c(Br)c3C)c2)c1C. The van der Waals surface area contributed by atoms with Gasteiger partial charge in [0.2, 0.25) is 0 Å². The zero-order valence-corrected chi connectivity index (χ0v) is 18.1. The van der Waals surface area contributed by atoms with Crippen molar-refractivity contribution in [2.75, 3.05) is 4.72 Å². The minimum atomic E-state index is -3.70. The third kappa shape index (κ3) is 3.93. The van der Waals surface area contributed by atoms with Crippen LogP contribution in [0.25, 0.3) is 0 Å². The number of aromatic nitrogens is 4. The number of rotatable bonds is 6. The molecule has 1 N–H and O–H groups in total. The maximum absolute atomic E-state index is 12.7. The first-order valence-corrected chi connectivity index (χ1v) is 10.8. The molecule has 2 heterocycles. The van der Waals surface area contributed by atoms with Crippen molar-refractivity contribution < 1.29 is 8.42 Å². The molecule has 0 amide bonds. The normalized spacial score (nSPS) is 11.7. The summed E-state index contributed by atoms with van der Waals surface area (Å²) in [7, 11) is -3.70. The van der Waals surface area contributed by atoms with Crippen LogP contribution in [-0.4, -0.2) is 28.0 Å². The molecule has 27 heavy (non-hydrogen) atoms. The zero-order valence-electron chi connectivity index (χ0n) is 15.7. The summed E-state index contributed by atoms with van der Waals surface area (Å²) in [5.41, 5.74) is 4.04. The fraction of sp³-hybridized carbons (Fsp3) is 0.333. The van der Waals surface area contributed by atoms with Gasteiger partial charge < -0.3 is 0 Å². The molecule has 3 aromatic rings. The highest BCUT2D eigenvalue weighted by molar-refractivity contribution is 9.10. The van der Waals surface area contributed by atoms with Gasteiger partial charge in [0, 0.05) is 12.2 Å². The lowest BCUT2D eigenvalue weighted by Gasteiger charge is -2.10. The molecule has 144 valence electrons. The van der Waals surface area contributed by atoms with Crippen LogP contribution in [0, 0.1) is 20.8 Å². The van der Waals surface area contributed by atoms with Gasteiger partial charge in [-0.25, -0.2) is 8.42 Å². The molecular formula is C18H22BrN5O2S. The van der Waals surface area contributed by atoms with Gasteiger partial charge in [-0.05, 0) is 61.3 Å². The summed E-state index contributed by atoms with van der Waals surface area (Å²) in [5.74, 6) is 0. The summed E-state index contributed by atoms with van der Waals surface area (Å²) >= 11 is 3.53. The molecule has 0 saturated heterocycles. The third-order valence-corrected chi connectivity index (χ3v) is 7.08. The highest BCUT2D eigenvalue weighted by atomic mass is 79.9. The number of hydrogen-bond acceptors (Lipinski definition) is 4. The van der Waals surface area contributed by atoms with Crippen molar-refractivity contribution in [3.63, 3.8) is 0 Å². The number of sulfonamides is 1. The van der Waals surface area contributed by atoms with E-state index in [0.717, 1.165) is 21.4 Å². The van der Waals surface area contributed by atoms with Crippen molar-refractivity contribution in [3.05, 3.63) is 57.6 Å². The standard InChI is InChI=1S/C18H22BrN5O2S/c1-5-23-13(3)17(10-20-23)27(25,26)22-16-8-6-7-15(9-16)11-24-14(4)18(19)12(2)21-24/h6-10,22H,5,11H2,1-4H3. The molecule has 0 atom stereocenters. The summed E-state index contributed by atoms with van der Waals surface area (Å²) in [4.78, 5) is 0.192. The number of hydrogen-bond donors (Lipinski definition) is 1. The number of benzene rings is 1. The number of anilines is 1. The first-order valence-electron chi connectivity index (χ1n) is 8.56. The number of halogens is 1. The molecule has 0 spiro atoms. The molecule has 3 rings (SSSR count). The van der Waals surface area contributed by atoms with E-state index in [2.05, 4.69) is 30.8 Å². The monoisotopic (exact) mass is 451 g/mol. The van der Waals surface area contributed by atoms with Gasteiger partial charge in [0.15, 0.2) is 0 Å². The maximum atomic E-state index is 12.7. The number of aryl methyl sites for hydroxylation is 2. The summed E-state index contributed by atoms with van der Waals surface area (Å²) in [5, 5.41) is 8.62. The van der Waals surface area contributed by atoms with Gasteiger partial charge in [0.25, 0.3) is 10.0 Å². The third-order valence-electron chi connectivity index (χ3n) is 4.45. The van der Waals surface area contributed by atoms with Crippen molar-refractivity contribution in [3.8, 4) is 0 Å². The summed E-state index contributed by atoms with van der Waals surface area (Å²) in [6, 6.07) is 7.33. The maximum Gasteiger partial charge on any atom is 0.265 e. The second-order valence-electron chi connectivity index (χ2n) is 6.36. The fourth-order valence-corrected chi connectivity index (χ4v) is 4.47. The topological polar surface area (TPSA) is 81.8 Å². The Bertz CT molecular complexity index is 1090. The molecule has 7 nitrogen and oxygen atoms in total. The Morgan fingerprint density at radius 1 is 1.15 bits per heavy atom. The lowest BCUT2D eigenvalue weighted by Crippen LogP contribution is -2.14. The molecule has 0 unspecified atom stereocenters. The second-order valence-corrected chi connectivity index (χ2v) is 8.80. The van der Waals surface area contributed by atoms with Crippen LogP contribution < -0.4 is 4.72 Å². The van der Waals surface area contributed by atoms with Crippen molar-refractivity contribution in [1.29, 1.82) is 0 Å². The Hall–Kier alpha value is -2.13. The summed E-state index contributed by atoms with van der Waals surface area (Å²) in [6.07, 6.45) is 1.39. The predicted molar refractivity (Wildman–Crippen MR) is 108 cm³/mol. The smallest absolute Gasteiger partial charge is 0.265 e. The summed E-state index contributed by atoms with van der Waals surface area (Å²) < 4.78 is 32.7. The molecule has 9 heteroatoms. The van der Waals surface area contributed by atoms with Crippen LogP contribution in [0.4, 0.5) is 5.69 Å². The Balaban J connectivity index is 1.85. The molecule has 0 aliphatic carbocycles. The van der Waals surface area contributed by atoms with Crippen LogP contribution in [0.1, 0.15) is 29.6 Å². The van der Waals surface area contributed by atoms with E-state index in [1.165, 1.54) is 6.20 Å². The minimum absolute atomic E-state index is 0.192. The molecule has 1 aromatic carbocycles. The second kappa shape index (κ2) is 7.47. The molecule has 0 radical (unpaired) electrons. The fourth-order valence-electron chi connectivity index (χ4n) is 2.96. The van der Waals surface area contributed by atoms with Crippen LogP contribution in [0.15, 0.2) is 39.8 Å². The highest BCUT2D eigenvalue weighted by Crippen LogP contribution is 2.23. The van der Waals surface area contributed by atoms with E-state index < -0.39 is 10.0 Å². The molecule has 2 aromatic heterocycles. The average Bonchev–Trinajstić information content (AvgIpc) is 3.10. The van der Waals surface area contributed by atoms with Gasteiger partial charge in [-0.1, -0.05) is 12.1 Å². The van der Waals surface area contributed by atoms with E-state index in [0.29, 0.717) is 24.5 Å². The van der Waals surface area contributed by atoms with Crippen molar-refractivity contribution in [1.82, 2.24) is 19.6 Å². The zero-order chi connectivity index (χ0) is 19.8. The van der Waals surface area contributed by atoms with E-state index in [1.54, 1.807) is 17.7 Å². The van der Waals surface area contributed by atoms with E-state index >= 15 is 0 Å². The lowest BCUT2D eigenvalue weighted by molar-refractivity contribution is 0.598. The number of nitrogens with one attached hydrogen (secondary N) is 1. The Morgan fingerprint density at radius 2 is 1.89 bits per heavy atom. The van der Waals surface area contributed by atoms with Crippen LogP contribution in [0.3, 0.4) is 0 Å². The van der Waals surface area contributed by atoms with Gasteiger partial charge in [0.05, 0.1) is 34.3 Å². The van der Waals surface area contributed by atoms with E-state index in [1.807, 2.05) is 43.7 Å². The largest absolute Gasteiger partial charge is 0.280 e. The molecule has 0 bridgehead atoms. The van der Waals surface area contributed by atoms with Crippen LogP contribution in [-0.2, 0) is 23.1 Å². The van der Waals surface area contributed by atoms with Crippen LogP contribution in [0.2, 0.25) is 0 Å². The van der Waals surface area contributed by atoms with Crippen molar-refractivity contribution in [2.45, 2.75) is 45.7 Å². The minimum Gasteiger partial charge on any atom is -0.280 e. The lowest BCUT2D eigenvalue weighted by atomic mass is 10.2. The van der Waals surface area contributed by atoms with Gasteiger partial charge in [-0.15, -0.1) is 0 Å². The highest BCUT2D eigenvalue weighted by Gasteiger charge is 2.20. The van der Waals surface area contributed by atoms with Gasteiger partial charge in [-0.2, -0.15) is 10.2 Å². The van der Waals surface area contributed by atoms with Gasteiger partial charge in [-0.3, -0.25) is 14.1 Å². The molecular weight excluding hydrogens is 430 g/mol. The van der Waals surface area contributed by atoms with Crippen molar-refractivity contribution in [2.24, 2.45) is 0 Å². The van der Waals surface area contributed by atoms with Gasteiger partial charge in [0.1, 0.15) is 4.90 Å². The average molecular weight is 452 g/mol. The van der Waals surface area contributed by atoms with E-state index in [4.69, 9.17) is 0 Å². The molecule has 0 fully saturated rings. The quantitative estimate of drug-likeness (QED) is 0.619. The van der Waals surface area contributed by atoms with Crippen LogP contribution >= 0.6 is 15.9 Å². The Morgan fingerprint density at radius 3 is 2.48 bits per heavy atom.